The van der Waals surface area contributed by atoms with Gasteiger partial charge in [0.2, 0.25) is 5.91 Å². The molecule has 2 aromatic rings. The van der Waals surface area contributed by atoms with E-state index in [0.29, 0.717) is 24.1 Å². The molecule has 0 bridgehead atoms. The Kier molecular flexibility index (Phi) is 6.27. The van der Waals surface area contributed by atoms with E-state index < -0.39 is 0 Å². The van der Waals surface area contributed by atoms with Gasteiger partial charge in [0.05, 0.1) is 0 Å². The van der Waals surface area contributed by atoms with Crippen LogP contribution >= 0.6 is 12.4 Å². The second kappa shape index (κ2) is 8.64. The maximum absolute atomic E-state index is 12.2. The van der Waals surface area contributed by atoms with Gasteiger partial charge in [-0.05, 0) is 63.2 Å². The number of aromatic amines is 1. The summed E-state index contributed by atoms with van der Waals surface area (Å²) in [6, 6.07) is 7.78. The van der Waals surface area contributed by atoms with E-state index in [1.165, 1.54) is 25.7 Å². The number of anilines is 1. The molecule has 1 aromatic carbocycles. The smallest absolute Gasteiger partial charge is 0.224 e. The Labute approximate surface area is 160 Å². The van der Waals surface area contributed by atoms with E-state index in [4.69, 9.17) is 0 Å². The highest BCUT2D eigenvalue weighted by atomic mass is 35.5. The summed E-state index contributed by atoms with van der Waals surface area (Å²) >= 11 is 0. The van der Waals surface area contributed by atoms with Crippen molar-refractivity contribution in [1.82, 2.24) is 20.5 Å². The first-order valence-electron chi connectivity index (χ1n) is 9.31. The molecule has 1 saturated heterocycles. The standard InChI is InChI=1S/C19H25N5O.ClH/c25-17(7-4-13-8-10-20-11-9-13)21-16-3-1-2-15(12-16)19-22-18(23-24-19)14-5-6-14;/h1-3,12-14,20H,4-11H2,(H,21,25)(H,22,23,24);1H. The van der Waals surface area contributed by atoms with Gasteiger partial charge < -0.3 is 10.6 Å². The Bertz CT molecular complexity index is 737. The van der Waals surface area contributed by atoms with Crippen LogP contribution in [0.3, 0.4) is 0 Å². The third-order valence-corrected chi connectivity index (χ3v) is 5.11. The average molecular weight is 376 g/mol. The molecule has 1 amide bonds. The van der Waals surface area contributed by atoms with E-state index in [0.717, 1.165) is 36.6 Å². The van der Waals surface area contributed by atoms with Crippen molar-refractivity contribution < 1.29 is 4.79 Å². The first-order valence-corrected chi connectivity index (χ1v) is 9.31. The number of carbonyl (C=O) groups excluding carboxylic acids is 1. The second-order valence-corrected chi connectivity index (χ2v) is 7.18. The normalized spacial score (nSPS) is 17.5. The Balaban J connectivity index is 0.00000196. The summed E-state index contributed by atoms with van der Waals surface area (Å²) in [5, 5.41) is 13.7. The summed E-state index contributed by atoms with van der Waals surface area (Å²) in [5.41, 5.74) is 1.74. The predicted octanol–water partition coefficient (Wildman–Crippen LogP) is 3.49. The van der Waals surface area contributed by atoms with Crippen LogP contribution in [0.4, 0.5) is 5.69 Å². The number of hydrogen-bond acceptors (Lipinski definition) is 4. The molecule has 1 saturated carbocycles. The number of piperidine rings is 1. The molecule has 2 heterocycles. The first kappa shape index (κ1) is 18.9. The van der Waals surface area contributed by atoms with Gasteiger partial charge in [-0.2, -0.15) is 5.10 Å². The number of carbonyl (C=O) groups is 1. The van der Waals surface area contributed by atoms with Crippen LogP contribution in [0, 0.1) is 5.92 Å². The number of H-pyrrole nitrogens is 1. The molecule has 2 aliphatic rings. The summed E-state index contributed by atoms with van der Waals surface area (Å²) in [4.78, 5) is 16.8. The van der Waals surface area contributed by atoms with E-state index in [1.54, 1.807) is 0 Å². The topological polar surface area (TPSA) is 82.7 Å². The van der Waals surface area contributed by atoms with E-state index in [1.807, 2.05) is 24.3 Å². The van der Waals surface area contributed by atoms with Crippen LogP contribution < -0.4 is 10.6 Å². The molecule has 7 heteroatoms. The van der Waals surface area contributed by atoms with Gasteiger partial charge >= 0.3 is 0 Å². The Morgan fingerprint density at radius 3 is 2.77 bits per heavy atom. The summed E-state index contributed by atoms with van der Waals surface area (Å²) in [7, 11) is 0. The van der Waals surface area contributed by atoms with Crippen LogP contribution in [0.5, 0.6) is 0 Å². The van der Waals surface area contributed by atoms with Gasteiger partial charge in [-0.25, -0.2) is 4.98 Å². The van der Waals surface area contributed by atoms with Crippen molar-refractivity contribution in [3.63, 3.8) is 0 Å². The third kappa shape index (κ3) is 4.83. The third-order valence-electron chi connectivity index (χ3n) is 5.11. The summed E-state index contributed by atoms with van der Waals surface area (Å²) in [5.74, 6) is 3.00. The highest BCUT2D eigenvalue weighted by Crippen LogP contribution is 2.38. The van der Waals surface area contributed by atoms with Crippen molar-refractivity contribution in [3.8, 4) is 11.4 Å². The van der Waals surface area contributed by atoms with Crippen molar-refractivity contribution in [2.45, 2.75) is 44.4 Å². The number of benzene rings is 1. The number of hydrogen-bond donors (Lipinski definition) is 3. The minimum Gasteiger partial charge on any atom is -0.326 e. The van der Waals surface area contributed by atoms with Crippen molar-refractivity contribution in [2.24, 2.45) is 5.92 Å². The van der Waals surface area contributed by atoms with Gasteiger partial charge in [-0.1, -0.05) is 12.1 Å². The summed E-state index contributed by atoms with van der Waals surface area (Å²) < 4.78 is 0. The Hall–Kier alpha value is -1.92. The molecule has 4 rings (SSSR count). The Morgan fingerprint density at radius 2 is 2.00 bits per heavy atom. The molecule has 0 atom stereocenters. The largest absolute Gasteiger partial charge is 0.326 e. The summed E-state index contributed by atoms with van der Waals surface area (Å²) in [6.07, 6.45) is 6.30. The predicted molar refractivity (Wildman–Crippen MR) is 104 cm³/mol. The van der Waals surface area contributed by atoms with Gasteiger partial charge in [0.15, 0.2) is 5.82 Å². The number of halogens is 1. The molecule has 3 N–H and O–H groups in total. The zero-order chi connectivity index (χ0) is 17.1. The number of amides is 1. The van der Waals surface area contributed by atoms with E-state index in [2.05, 4.69) is 25.8 Å². The fraction of sp³-hybridized carbons (Fsp3) is 0.526. The minimum atomic E-state index is 0. The Morgan fingerprint density at radius 1 is 1.19 bits per heavy atom. The molecular formula is C19H26ClN5O. The highest BCUT2D eigenvalue weighted by molar-refractivity contribution is 5.91. The average Bonchev–Trinajstić information content (AvgIpc) is 3.38. The molecule has 1 aromatic heterocycles. The van der Waals surface area contributed by atoms with Gasteiger partial charge in [0.1, 0.15) is 5.82 Å². The molecule has 6 nitrogen and oxygen atoms in total. The molecule has 26 heavy (non-hydrogen) atoms. The van der Waals surface area contributed by atoms with Crippen LogP contribution in [0.2, 0.25) is 0 Å². The number of nitrogens with one attached hydrogen (secondary N) is 3. The fourth-order valence-corrected chi connectivity index (χ4v) is 3.41. The zero-order valence-corrected chi connectivity index (χ0v) is 15.6. The lowest BCUT2D eigenvalue weighted by atomic mass is 9.93. The lowest BCUT2D eigenvalue weighted by molar-refractivity contribution is -0.116. The molecule has 1 aliphatic carbocycles. The second-order valence-electron chi connectivity index (χ2n) is 7.18. The highest BCUT2D eigenvalue weighted by Gasteiger charge is 2.27. The summed E-state index contributed by atoms with van der Waals surface area (Å²) in [6.45, 7) is 2.15. The maximum atomic E-state index is 12.2. The van der Waals surface area contributed by atoms with E-state index >= 15 is 0 Å². The molecular weight excluding hydrogens is 350 g/mol. The van der Waals surface area contributed by atoms with Crippen molar-refractivity contribution >= 4 is 24.0 Å². The lowest BCUT2D eigenvalue weighted by Crippen LogP contribution is -2.28. The van der Waals surface area contributed by atoms with Crippen LogP contribution in [-0.4, -0.2) is 34.2 Å². The van der Waals surface area contributed by atoms with Gasteiger partial charge in [-0.15, -0.1) is 12.4 Å². The van der Waals surface area contributed by atoms with Crippen LogP contribution in [0.15, 0.2) is 24.3 Å². The number of nitrogens with zero attached hydrogens (tertiary/aromatic N) is 2. The quantitative estimate of drug-likeness (QED) is 0.721. The van der Waals surface area contributed by atoms with E-state index in [9.17, 15) is 4.79 Å². The van der Waals surface area contributed by atoms with Crippen molar-refractivity contribution in [3.05, 3.63) is 30.1 Å². The lowest BCUT2D eigenvalue weighted by Gasteiger charge is -2.22. The minimum absolute atomic E-state index is 0. The molecule has 0 spiro atoms. The maximum Gasteiger partial charge on any atom is 0.224 e. The van der Waals surface area contributed by atoms with Crippen molar-refractivity contribution in [1.29, 1.82) is 0 Å². The molecule has 2 fully saturated rings. The monoisotopic (exact) mass is 375 g/mol. The van der Waals surface area contributed by atoms with Gasteiger partial charge in [0, 0.05) is 23.6 Å². The molecule has 0 unspecified atom stereocenters. The molecule has 140 valence electrons. The number of rotatable bonds is 6. The van der Waals surface area contributed by atoms with Crippen LogP contribution in [0.25, 0.3) is 11.4 Å². The SMILES string of the molecule is Cl.O=C(CCC1CCNCC1)Nc1cccc(-c2n[nH]c(C3CC3)n2)c1. The molecule has 0 radical (unpaired) electrons. The van der Waals surface area contributed by atoms with Crippen LogP contribution in [0.1, 0.15) is 50.3 Å². The molecule has 1 aliphatic heterocycles. The van der Waals surface area contributed by atoms with Gasteiger partial charge in [-0.3, -0.25) is 9.89 Å². The fourth-order valence-electron chi connectivity index (χ4n) is 3.41. The zero-order valence-electron chi connectivity index (χ0n) is 14.8. The van der Waals surface area contributed by atoms with Crippen LogP contribution in [-0.2, 0) is 4.79 Å². The number of aromatic nitrogens is 3. The van der Waals surface area contributed by atoms with E-state index in [-0.39, 0.29) is 18.3 Å². The van der Waals surface area contributed by atoms with Gasteiger partial charge in [0.25, 0.3) is 0 Å². The van der Waals surface area contributed by atoms with Crippen molar-refractivity contribution in [2.75, 3.05) is 18.4 Å². The first-order chi connectivity index (χ1) is 12.3.